The maximum atomic E-state index is 11.7. The van der Waals surface area contributed by atoms with E-state index >= 15 is 0 Å². The third kappa shape index (κ3) is 3.26. The molecule has 1 aromatic carbocycles. The lowest BCUT2D eigenvalue weighted by molar-refractivity contribution is 0.0492. The summed E-state index contributed by atoms with van der Waals surface area (Å²) in [6.45, 7) is 5.07. The molecule has 0 heterocycles. The molecular formula is C15H19ClO2. The highest BCUT2D eigenvalue weighted by atomic mass is 35.5. The number of esters is 1. The third-order valence-corrected chi connectivity index (χ3v) is 4.22. The number of carbonyl (C=O) groups excluding carboxylic acids is 1. The van der Waals surface area contributed by atoms with Gasteiger partial charge in [-0.05, 0) is 48.8 Å². The van der Waals surface area contributed by atoms with Crippen LogP contribution in [-0.2, 0) is 4.74 Å². The van der Waals surface area contributed by atoms with E-state index in [1.807, 2.05) is 0 Å². The summed E-state index contributed by atoms with van der Waals surface area (Å²) in [5.41, 5.74) is 1.01. The van der Waals surface area contributed by atoms with Crippen molar-refractivity contribution < 1.29 is 9.53 Å². The van der Waals surface area contributed by atoms with E-state index in [9.17, 15) is 4.79 Å². The average Bonchev–Trinajstić information content (AvgIpc) is 2.93. The summed E-state index contributed by atoms with van der Waals surface area (Å²) in [6, 6.07) is 6.85. The number of halogens is 1. The summed E-state index contributed by atoms with van der Waals surface area (Å²) >= 11 is 5.83. The zero-order valence-electron chi connectivity index (χ0n) is 10.9. The molecule has 0 aromatic heterocycles. The highest BCUT2D eigenvalue weighted by molar-refractivity contribution is 6.30. The molecule has 1 fully saturated rings. The minimum absolute atomic E-state index is 0.286. The molecule has 0 radical (unpaired) electrons. The second kappa shape index (κ2) is 5.31. The van der Waals surface area contributed by atoms with Gasteiger partial charge >= 0.3 is 5.97 Å². The summed E-state index contributed by atoms with van der Waals surface area (Å²) in [5.74, 6) is 0.535. The SMILES string of the molecule is CC1CC1(C)CCCOC(=O)c1cccc(Cl)c1. The predicted octanol–water partition coefficient (Wildman–Crippen LogP) is 4.32. The van der Waals surface area contributed by atoms with E-state index in [-0.39, 0.29) is 5.97 Å². The molecule has 0 saturated heterocycles. The Labute approximate surface area is 113 Å². The molecule has 1 aliphatic rings. The van der Waals surface area contributed by atoms with Crippen molar-refractivity contribution in [1.82, 2.24) is 0 Å². The van der Waals surface area contributed by atoms with E-state index in [0.29, 0.717) is 22.6 Å². The first-order valence-electron chi connectivity index (χ1n) is 6.44. The van der Waals surface area contributed by atoms with E-state index in [4.69, 9.17) is 16.3 Å². The van der Waals surface area contributed by atoms with Crippen LogP contribution in [0.25, 0.3) is 0 Å². The second-order valence-electron chi connectivity index (χ2n) is 5.51. The van der Waals surface area contributed by atoms with Gasteiger partial charge in [0, 0.05) is 5.02 Å². The maximum absolute atomic E-state index is 11.7. The zero-order chi connectivity index (χ0) is 13.2. The van der Waals surface area contributed by atoms with Gasteiger partial charge in [0.15, 0.2) is 0 Å². The molecular weight excluding hydrogens is 248 g/mol. The van der Waals surface area contributed by atoms with Crippen molar-refractivity contribution >= 4 is 17.6 Å². The zero-order valence-corrected chi connectivity index (χ0v) is 11.7. The lowest BCUT2D eigenvalue weighted by Crippen LogP contribution is -2.08. The fourth-order valence-corrected chi connectivity index (χ4v) is 2.52. The van der Waals surface area contributed by atoms with Crippen molar-refractivity contribution in [2.75, 3.05) is 6.61 Å². The van der Waals surface area contributed by atoms with Gasteiger partial charge in [-0.1, -0.05) is 31.5 Å². The van der Waals surface area contributed by atoms with Crippen molar-refractivity contribution in [1.29, 1.82) is 0 Å². The van der Waals surface area contributed by atoms with Crippen LogP contribution in [0.1, 0.15) is 43.5 Å². The van der Waals surface area contributed by atoms with Crippen molar-refractivity contribution in [3.63, 3.8) is 0 Å². The molecule has 0 N–H and O–H groups in total. The molecule has 0 amide bonds. The molecule has 1 aromatic rings. The Morgan fingerprint density at radius 2 is 2.28 bits per heavy atom. The predicted molar refractivity (Wildman–Crippen MR) is 72.9 cm³/mol. The van der Waals surface area contributed by atoms with E-state index < -0.39 is 0 Å². The van der Waals surface area contributed by atoms with Gasteiger partial charge in [0.2, 0.25) is 0 Å². The quantitative estimate of drug-likeness (QED) is 0.586. The molecule has 1 saturated carbocycles. The van der Waals surface area contributed by atoms with Gasteiger partial charge in [-0.25, -0.2) is 4.79 Å². The van der Waals surface area contributed by atoms with Crippen LogP contribution in [0.4, 0.5) is 0 Å². The first-order chi connectivity index (χ1) is 8.51. The van der Waals surface area contributed by atoms with Crippen molar-refractivity contribution in [3.8, 4) is 0 Å². The molecule has 2 atom stereocenters. The maximum Gasteiger partial charge on any atom is 0.338 e. The lowest BCUT2D eigenvalue weighted by atomic mass is 10.0. The Morgan fingerprint density at radius 3 is 2.89 bits per heavy atom. The smallest absolute Gasteiger partial charge is 0.338 e. The topological polar surface area (TPSA) is 26.3 Å². The largest absolute Gasteiger partial charge is 0.462 e. The average molecular weight is 267 g/mol. The van der Waals surface area contributed by atoms with Crippen LogP contribution < -0.4 is 0 Å². The van der Waals surface area contributed by atoms with Gasteiger partial charge in [-0.15, -0.1) is 0 Å². The number of hydrogen-bond acceptors (Lipinski definition) is 2. The van der Waals surface area contributed by atoms with Crippen molar-refractivity contribution in [3.05, 3.63) is 34.9 Å². The van der Waals surface area contributed by atoms with E-state index in [1.54, 1.807) is 24.3 Å². The van der Waals surface area contributed by atoms with Crippen LogP contribution in [0.2, 0.25) is 5.02 Å². The van der Waals surface area contributed by atoms with Crippen LogP contribution >= 0.6 is 11.6 Å². The molecule has 1 aliphatic carbocycles. The Kier molecular flexibility index (Phi) is 3.96. The summed E-state index contributed by atoms with van der Waals surface area (Å²) in [4.78, 5) is 11.7. The summed E-state index contributed by atoms with van der Waals surface area (Å²) in [7, 11) is 0. The van der Waals surface area contributed by atoms with Crippen molar-refractivity contribution in [2.45, 2.75) is 33.1 Å². The number of carbonyl (C=O) groups is 1. The molecule has 3 heteroatoms. The highest BCUT2D eigenvalue weighted by Crippen LogP contribution is 2.54. The standard InChI is InChI=1S/C15H19ClO2/c1-11-10-15(11,2)7-4-8-18-14(17)12-5-3-6-13(16)9-12/h3,5-6,9,11H,4,7-8,10H2,1-2H3. The highest BCUT2D eigenvalue weighted by Gasteiger charge is 2.45. The minimum Gasteiger partial charge on any atom is -0.462 e. The molecule has 2 rings (SSSR count). The van der Waals surface area contributed by atoms with Crippen LogP contribution in [-0.4, -0.2) is 12.6 Å². The van der Waals surface area contributed by atoms with Gasteiger partial charge in [0.05, 0.1) is 12.2 Å². The monoisotopic (exact) mass is 266 g/mol. The fraction of sp³-hybridized carbons (Fsp3) is 0.533. The molecule has 0 aliphatic heterocycles. The Balaban J connectivity index is 1.72. The van der Waals surface area contributed by atoms with Gasteiger partial charge in [-0.2, -0.15) is 0 Å². The number of hydrogen-bond donors (Lipinski definition) is 0. The molecule has 0 spiro atoms. The van der Waals surface area contributed by atoms with Gasteiger partial charge < -0.3 is 4.74 Å². The molecule has 2 unspecified atom stereocenters. The number of ether oxygens (including phenoxy) is 1. The molecule has 18 heavy (non-hydrogen) atoms. The summed E-state index contributed by atoms with van der Waals surface area (Å²) < 4.78 is 5.24. The molecule has 2 nitrogen and oxygen atoms in total. The van der Waals surface area contributed by atoms with Crippen molar-refractivity contribution in [2.24, 2.45) is 11.3 Å². The van der Waals surface area contributed by atoms with Gasteiger partial charge in [-0.3, -0.25) is 0 Å². The van der Waals surface area contributed by atoms with Crippen LogP contribution in [0.3, 0.4) is 0 Å². The Bertz CT molecular complexity index is 444. The second-order valence-corrected chi connectivity index (χ2v) is 5.95. The lowest BCUT2D eigenvalue weighted by Gasteiger charge is -2.09. The van der Waals surface area contributed by atoms with Crippen LogP contribution in [0.15, 0.2) is 24.3 Å². The molecule has 98 valence electrons. The Morgan fingerprint density at radius 1 is 1.56 bits per heavy atom. The van der Waals surface area contributed by atoms with Crippen LogP contribution in [0.5, 0.6) is 0 Å². The first kappa shape index (κ1) is 13.4. The van der Waals surface area contributed by atoms with Gasteiger partial charge in [0.25, 0.3) is 0 Å². The van der Waals surface area contributed by atoms with E-state index in [1.165, 1.54) is 6.42 Å². The fourth-order valence-electron chi connectivity index (χ4n) is 2.33. The number of benzene rings is 1. The van der Waals surface area contributed by atoms with E-state index in [2.05, 4.69) is 13.8 Å². The minimum atomic E-state index is -0.286. The van der Waals surface area contributed by atoms with E-state index in [0.717, 1.165) is 18.8 Å². The molecule has 0 bridgehead atoms. The number of rotatable bonds is 5. The summed E-state index contributed by atoms with van der Waals surface area (Å²) in [6.07, 6.45) is 3.37. The first-order valence-corrected chi connectivity index (χ1v) is 6.82. The third-order valence-electron chi connectivity index (χ3n) is 3.99. The van der Waals surface area contributed by atoms with Gasteiger partial charge in [0.1, 0.15) is 0 Å². The Hall–Kier alpha value is -1.02. The normalized spacial score (nSPS) is 25.8. The van der Waals surface area contributed by atoms with Crippen LogP contribution in [0, 0.1) is 11.3 Å². The summed E-state index contributed by atoms with van der Waals surface area (Å²) in [5, 5.41) is 0.559.